The first-order chi connectivity index (χ1) is 10.6. The van der Waals surface area contributed by atoms with Crippen molar-refractivity contribution in [2.75, 3.05) is 19.0 Å². The molecule has 0 saturated carbocycles. The van der Waals surface area contributed by atoms with Gasteiger partial charge in [-0.1, -0.05) is 18.2 Å². The Hall–Kier alpha value is -1.97. The van der Waals surface area contributed by atoms with Gasteiger partial charge < -0.3 is 4.90 Å². The Bertz CT molecular complexity index is 683. The molecule has 1 aromatic heterocycles. The minimum Gasteiger partial charge on any atom is -0.363 e. The molecule has 0 radical (unpaired) electrons. The fourth-order valence-corrected chi connectivity index (χ4v) is 3.15. The Kier molecular flexibility index (Phi) is 4.10. The summed E-state index contributed by atoms with van der Waals surface area (Å²) in [7, 11) is 3.94. The number of hydrogen-bond acceptors (Lipinski definition) is 2. The van der Waals surface area contributed by atoms with Gasteiger partial charge in [0.15, 0.2) is 11.6 Å². The Morgan fingerprint density at radius 2 is 1.95 bits per heavy atom. The van der Waals surface area contributed by atoms with Crippen molar-refractivity contribution in [1.29, 1.82) is 0 Å². The van der Waals surface area contributed by atoms with E-state index in [9.17, 15) is 8.78 Å². The van der Waals surface area contributed by atoms with Gasteiger partial charge in [-0.2, -0.15) is 0 Å². The van der Waals surface area contributed by atoms with E-state index in [1.54, 1.807) is 12.1 Å². The van der Waals surface area contributed by atoms with Crippen LogP contribution in [0.5, 0.6) is 0 Å². The van der Waals surface area contributed by atoms with Crippen LogP contribution in [0.3, 0.4) is 0 Å². The summed E-state index contributed by atoms with van der Waals surface area (Å²) in [6, 6.07) is 8.54. The molecule has 1 aliphatic carbocycles. The van der Waals surface area contributed by atoms with Gasteiger partial charge in [-0.3, -0.25) is 0 Å². The molecular formula is C18H20F2N2. The van der Waals surface area contributed by atoms with Gasteiger partial charge in [0.05, 0.1) is 0 Å². The fourth-order valence-electron chi connectivity index (χ4n) is 3.15. The summed E-state index contributed by atoms with van der Waals surface area (Å²) < 4.78 is 27.5. The van der Waals surface area contributed by atoms with Crippen LogP contribution in [0.1, 0.15) is 35.6 Å². The van der Waals surface area contributed by atoms with Crippen molar-refractivity contribution < 1.29 is 8.78 Å². The molecule has 2 nitrogen and oxygen atoms in total. The Morgan fingerprint density at radius 3 is 2.73 bits per heavy atom. The first-order valence-corrected chi connectivity index (χ1v) is 7.66. The minimum atomic E-state index is -0.761. The zero-order valence-electron chi connectivity index (χ0n) is 12.9. The lowest BCUT2D eigenvalue weighted by atomic mass is 9.90. The lowest BCUT2D eigenvalue weighted by molar-refractivity contribution is 0.479. The molecule has 1 heterocycles. The number of anilines is 1. The molecule has 1 atom stereocenters. The number of benzene rings is 1. The highest BCUT2D eigenvalue weighted by Gasteiger charge is 2.23. The van der Waals surface area contributed by atoms with Gasteiger partial charge in [-0.25, -0.2) is 13.8 Å². The Balaban J connectivity index is 1.93. The predicted octanol–water partition coefficient (Wildman–Crippen LogP) is 4.09. The van der Waals surface area contributed by atoms with Crippen LogP contribution in [-0.2, 0) is 12.8 Å². The van der Waals surface area contributed by atoms with Crippen molar-refractivity contribution in [2.24, 2.45) is 0 Å². The molecule has 1 aromatic carbocycles. The largest absolute Gasteiger partial charge is 0.363 e. The maximum absolute atomic E-state index is 14.1. The minimum absolute atomic E-state index is 0.0176. The van der Waals surface area contributed by atoms with Crippen LogP contribution < -0.4 is 4.90 Å². The van der Waals surface area contributed by atoms with Crippen LogP contribution in [0.2, 0.25) is 0 Å². The van der Waals surface area contributed by atoms with Crippen LogP contribution in [0.15, 0.2) is 30.3 Å². The summed E-state index contributed by atoms with van der Waals surface area (Å²) in [4.78, 5) is 6.68. The maximum Gasteiger partial charge on any atom is 0.162 e. The van der Waals surface area contributed by atoms with Gasteiger partial charge in [-0.05, 0) is 54.9 Å². The van der Waals surface area contributed by atoms with Crippen LogP contribution in [0, 0.1) is 11.6 Å². The molecule has 1 aliphatic rings. The quantitative estimate of drug-likeness (QED) is 0.777. The van der Waals surface area contributed by atoms with Gasteiger partial charge in [0.2, 0.25) is 0 Å². The van der Waals surface area contributed by atoms with E-state index >= 15 is 0 Å². The summed E-state index contributed by atoms with van der Waals surface area (Å²) >= 11 is 0. The van der Waals surface area contributed by atoms with Crippen molar-refractivity contribution >= 4 is 5.82 Å². The molecule has 0 fully saturated rings. The first kappa shape index (κ1) is 14.9. The van der Waals surface area contributed by atoms with Crippen LogP contribution in [-0.4, -0.2) is 19.1 Å². The molecule has 0 bridgehead atoms. The van der Waals surface area contributed by atoms with Crippen molar-refractivity contribution in [3.63, 3.8) is 0 Å². The van der Waals surface area contributed by atoms with Crippen molar-refractivity contribution in [2.45, 2.75) is 31.6 Å². The number of aryl methyl sites for hydroxylation is 1. The monoisotopic (exact) mass is 302 g/mol. The average Bonchev–Trinajstić information content (AvgIpc) is 2.71. The van der Waals surface area contributed by atoms with Crippen LogP contribution in [0.4, 0.5) is 14.6 Å². The van der Waals surface area contributed by atoms with Gasteiger partial charge in [0.1, 0.15) is 5.82 Å². The lowest BCUT2D eigenvalue weighted by Gasteiger charge is -2.17. The topological polar surface area (TPSA) is 16.1 Å². The summed E-state index contributed by atoms with van der Waals surface area (Å²) in [5.74, 6) is -0.505. The molecule has 0 N–H and O–H groups in total. The van der Waals surface area contributed by atoms with Gasteiger partial charge in [-0.15, -0.1) is 0 Å². The molecule has 2 aromatic rings. The molecule has 0 saturated heterocycles. The average molecular weight is 302 g/mol. The van der Waals surface area contributed by atoms with E-state index in [4.69, 9.17) is 4.98 Å². The van der Waals surface area contributed by atoms with E-state index in [1.165, 1.54) is 6.07 Å². The SMILES string of the molecule is CN(C)c1ccc2c(n1)CCC[C@@H](c1cccc(F)c1F)C2. The lowest BCUT2D eigenvalue weighted by Crippen LogP contribution is -2.12. The summed E-state index contributed by atoms with van der Waals surface area (Å²) in [5.41, 5.74) is 2.73. The standard InChI is InChI=1S/C18H20F2N2/c1-22(2)17-10-9-13-11-12(5-3-8-16(13)21-17)14-6-4-7-15(19)18(14)20/h4,6-7,9-10,12H,3,5,8,11H2,1-2H3/t12-/m1/s1. The van der Waals surface area contributed by atoms with Crippen molar-refractivity contribution in [3.8, 4) is 0 Å². The van der Waals surface area contributed by atoms with E-state index in [-0.39, 0.29) is 5.92 Å². The van der Waals surface area contributed by atoms with Gasteiger partial charge in [0, 0.05) is 19.8 Å². The third-order valence-corrected chi connectivity index (χ3v) is 4.37. The first-order valence-electron chi connectivity index (χ1n) is 7.66. The fraction of sp³-hybridized carbons (Fsp3) is 0.389. The van der Waals surface area contributed by atoms with Gasteiger partial charge in [0.25, 0.3) is 0 Å². The van der Waals surface area contributed by atoms with Crippen LogP contribution in [0.25, 0.3) is 0 Å². The molecule has 22 heavy (non-hydrogen) atoms. The molecule has 0 unspecified atom stereocenters. The second-order valence-corrected chi connectivity index (χ2v) is 6.11. The number of aromatic nitrogens is 1. The van der Waals surface area contributed by atoms with E-state index in [0.29, 0.717) is 5.56 Å². The molecular weight excluding hydrogens is 282 g/mol. The van der Waals surface area contributed by atoms with E-state index < -0.39 is 11.6 Å². The number of nitrogens with zero attached hydrogens (tertiary/aromatic N) is 2. The molecule has 0 amide bonds. The van der Waals surface area contributed by atoms with E-state index in [1.807, 2.05) is 25.1 Å². The van der Waals surface area contributed by atoms with Crippen molar-refractivity contribution in [1.82, 2.24) is 4.98 Å². The third-order valence-electron chi connectivity index (χ3n) is 4.37. The number of rotatable bonds is 2. The number of fused-ring (bicyclic) bond motifs is 1. The highest BCUT2D eigenvalue weighted by molar-refractivity contribution is 5.41. The number of pyridine rings is 1. The highest BCUT2D eigenvalue weighted by Crippen LogP contribution is 2.33. The summed E-state index contributed by atoms with van der Waals surface area (Å²) in [6.07, 6.45) is 3.41. The zero-order chi connectivity index (χ0) is 15.7. The summed E-state index contributed by atoms with van der Waals surface area (Å²) in [6.45, 7) is 0. The number of hydrogen-bond donors (Lipinski definition) is 0. The number of halogens is 2. The molecule has 3 rings (SSSR count). The second-order valence-electron chi connectivity index (χ2n) is 6.11. The zero-order valence-corrected chi connectivity index (χ0v) is 12.9. The van der Waals surface area contributed by atoms with Crippen LogP contribution >= 0.6 is 0 Å². The maximum atomic E-state index is 14.1. The molecule has 0 aliphatic heterocycles. The summed E-state index contributed by atoms with van der Waals surface area (Å²) in [5, 5.41) is 0. The molecule has 4 heteroatoms. The molecule has 116 valence electrons. The Morgan fingerprint density at radius 1 is 1.14 bits per heavy atom. The highest BCUT2D eigenvalue weighted by atomic mass is 19.2. The smallest absolute Gasteiger partial charge is 0.162 e. The van der Waals surface area contributed by atoms with Crippen molar-refractivity contribution in [3.05, 3.63) is 58.8 Å². The van der Waals surface area contributed by atoms with Gasteiger partial charge >= 0.3 is 0 Å². The van der Waals surface area contributed by atoms with E-state index in [0.717, 1.165) is 42.8 Å². The van der Waals surface area contributed by atoms with E-state index in [2.05, 4.69) is 6.07 Å². The predicted molar refractivity (Wildman–Crippen MR) is 84.3 cm³/mol. The second kappa shape index (κ2) is 6.03. The normalized spacial score (nSPS) is 17.7. The third kappa shape index (κ3) is 2.82. The Labute approximate surface area is 129 Å². The molecule has 0 spiro atoms.